The molecule has 146 valence electrons. The van der Waals surface area contributed by atoms with Crippen LogP contribution in [0, 0.1) is 6.92 Å². The van der Waals surface area contributed by atoms with Gasteiger partial charge in [0, 0.05) is 10.2 Å². The maximum atomic E-state index is 12.7. The quantitative estimate of drug-likeness (QED) is 0.526. The summed E-state index contributed by atoms with van der Waals surface area (Å²) in [6.07, 6.45) is 0. The van der Waals surface area contributed by atoms with E-state index in [1.54, 1.807) is 24.3 Å². The first kappa shape index (κ1) is 20.4. The minimum Gasteiger partial charge on any atom is -0.495 e. The standard InChI is InChI=1S/C19H17BrN2O4S2/c1-12-9-10-27-18(12)19(23)21-16-11-15(7-8-17(16)26-2)28(24,25)22-14-5-3-13(20)4-6-14/h3-11,22H,1-2H3,(H,21,23). The van der Waals surface area contributed by atoms with Gasteiger partial charge < -0.3 is 10.1 Å². The predicted octanol–water partition coefficient (Wildman–Crippen LogP) is 4.88. The molecule has 0 aliphatic rings. The van der Waals surface area contributed by atoms with Gasteiger partial charge in [-0.2, -0.15) is 0 Å². The number of carbonyl (C=O) groups excluding carboxylic acids is 1. The van der Waals surface area contributed by atoms with Crippen LogP contribution in [0.2, 0.25) is 0 Å². The number of aryl methyl sites for hydroxylation is 1. The van der Waals surface area contributed by atoms with Crippen molar-refractivity contribution in [1.29, 1.82) is 0 Å². The lowest BCUT2D eigenvalue weighted by atomic mass is 10.2. The maximum absolute atomic E-state index is 12.7. The number of thiophene rings is 1. The fraction of sp³-hybridized carbons (Fsp3) is 0.105. The molecule has 2 N–H and O–H groups in total. The zero-order valence-corrected chi connectivity index (χ0v) is 18.2. The van der Waals surface area contributed by atoms with Gasteiger partial charge >= 0.3 is 0 Å². The highest BCUT2D eigenvalue weighted by molar-refractivity contribution is 9.10. The molecule has 0 saturated heterocycles. The summed E-state index contributed by atoms with van der Waals surface area (Å²) in [5, 5.41) is 4.56. The Balaban J connectivity index is 1.90. The highest BCUT2D eigenvalue weighted by atomic mass is 79.9. The number of hydrogen-bond acceptors (Lipinski definition) is 5. The number of ether oxygens (including phenoxy) is 1. The topological polar surface area (TPSA) is 84.5 Å². The van der Waals surface area contributed by atoms with Gasteiger partial charge in [-0.1, -0.05) is 15.9 Å². The molecule has 0 saturated carbocycles. The van der Waals surface area contributed by atoms with Crippen molar-refractivity contribution in [2.24, 2.45) is 0 Å². The van der Waals surface area contributed by atoms with Gasteiger partial charge in [0.05, 0.1) is 22.6 Å². The Morgan fingerprint density at radius 3 is 2.43 bits per heavy atom. The van der Waals surface area contributed by atoms with Crippen LogP contribution in [0.25, 0.3) is 0 Å². The number of carbonyl (C=O) groups is 1. The number of methoxy groups -OCH3 is 1. The third kappa shape index (κ3) is 4.54. The number of nitrogens with one attached hydrogen (secondary N) is 2. The fourth-order valence-corrected chi connectivity index (χ4v) is 4.64. The SMILES string of the molecule is COc1ccc(S(=O)(=O)Nc2ccc(Br)cc2)cc1NC(=O)c1sccc1C. The smallest absolute Gasteiger partial charge is 0.266 e. The molecule has 0 bridgehead atoms. The van der Waals surface area contributed by atoms with E-state index < -0.39 is 10.0 Å². The van der Waals surface area contributed by atoms with Crippen LogP contribution >= 0.6 is 27.3 Å². The Labute approximate surface area is 175 Å². The molecule has 1 aromatic heterocycles. The summed E-state index contributed by atoms with van der Waals surface area (Å²) in [4.78, 5) is 13.1. The predicted molar refractivity (Wildman–Crippen MR) is 115 cm³/mol. The van der Waals surface area contributed by atoms with Gasteiger partial charge in [0.15, 0.2) is 0 Å². The number of hydrogen-bond donors (Lipinski definition) is 2. The van der Waals surface area contributed by atoms with E-state index in [0.717, 1.165) is 10.0 Å². The Hall–Kier alpha value is -2.36. The Kier molecular flexibility index (Phi) is 6.07. The van der Waals surface area contributed by atoms with Crippen molar-refractivity contribution >= 4 is 54.6 Å². The first-order valence-corrected chi connectivity index (χ1v) is 11.3. The summed E-state index contributed by atoms with van der Waals surface area (Å²) >= 11 is 4.62. The van der Waals surface area contributed by atoms with E-state index in [0.29, 0.717) is 16.3 Å². The van der Waals surface area contributed by atoms with Crippen molar-refractivity contribution in [3.63, 3.8) is 0 Å². The van der Waals surface area contributed by atoms with Gasteiger partial charge in [-0.05, 0) is 66.4 Å². The number of anilines is 2. The minimum absolute atomic E-state index is 0.00872. The number of amides is 1. The molecule has 0 aliphatic heterocycles. The molecular formula is C19H17BrN2O4S2. The lowest BCUT2D eigenvalue weighted by molar-refractivity contribution is 0.102. The van der Waals surface area contributed by atoms with Gasteiger partial charge in [0.2, 0.25) is 0 Å². The summed E-state index contributed by atoms with van der Waals surface area (Å²) in [7, 11) is -2.39. The molecular weight excluding hydrogens is 464 g/mol. The number of sulfonamides is 1. The normalized spacial score (nSPS) is 11.1. The number of benzene rings is 2. The van der Waals surface area contributed by atoms with Crippen LogP contribution in [0.4, 0.5) is 11.4 Å². The van der Waals surface area contributed by atoms with Crippen LogP contribution in [-0.4, -0.2) is 21.4 Å². The van der Waals surface area contributed by atoms with Crippen molar-refractivity contribution in [3.8, 4) is 5.75 Å². The first-order valence-electron chi connectivity index (χ1n) is 8.12. The molecule has 6 nitrogen and oxygen atoms in total. The van der Waals surface area contributed by atoms with Crippen LogP contribution in [0.5, 0.6) is 5.75 Å². The van der Waals surface area contributed by atoms with Gasteiger partial charge in [-0.3, -0.25) is 9.52 Å². The van der Waals surface area contributed by atoms with Gasteiger partial charge in [-0.15, -0.1) is 11.3 Å². The average molecular weight is 481 g/mol. The van der Waals surface area contributed by atoms with Crippen molar-refractivity contribution in [2.45, 2.75) is 11.8 Å². The molecule has 0 aliphatic carbocycles. The molecule has 3 rings (SSSR count). The zero-order valence-electron chi connectivity index (χ0n) is 15.0. The molecule has 1 amide bonds. The molecule has 0 atom stereocenters. The summed E-state index contributed by atoms with van der Waals surface area (Å²) < 4.78 is 34.1. The van der Waals surface area contributed by atoms with Crippen molar-refractivity contribution in [1.82, 2.24) is 0 Å². The average Bonchev–Trinajstić information content (AvgIpc) is 3.09. The number of rotatable bonds is 6. The molecule has 0 spiro atoms. The van der Waals surface area contributed by atoms with Crippen molar-refractivity contribution in [3.05, 3.63) is 68.8 Å². The van der Waals surface area contributed by atoms with Crippen molar-refractivity contribution < 1.29 is 17.9 Å². The highest BCUT2D eigenvalue weighted by Crippen LogP contribution is 2.30. The molecule has 2 aromatic carbocycles. The molecule has 0 radical (unpaired) electrons. The van der Waals surface area contributed by atoms with E-state index in [9.17, 15) is 13.2 Å². The van der Waals surface area contributed by atoms with Crippen LogP contribution in [-0.2, 0) is 10.0 Å². The van der Waals surface area contributed by atoms with E-state index in [-0.39, 0.29) is 16.5 Å². The lowest BCUT2D eigenvalue weighted by Crippen LogP contribution is -2.15. The molecule has 3 aromatic rings. The van der Waals surface area contributed by atoms with Crippen molar-refractivity contribution in [2.75, 3.05) is 17.1 Å². The summed E-state index contributed by atoms with van der Waals surface area (Å²) in [5.41, 5.74) is 1.56. The van der Waals surface area contributed by atoms with E-state index in [4.69, 9.17) is 4.74 Å². The second-order valence-corrected chi connectivity index (χ2v) is 9.38. The van der Waals surface area contributed by atoms with E-state index in [1.807, 2.05) is 18.4 Å². The third-order valence-electron chi connectivity index (χ3n) is 3.89. The third-order valence-corrected chi connectivity index (χ3v) is 6.82. The van der Waals surface area contributed by atoms with Crippen LogP contribution in [0.15, 0.2) is 63.3 Å². The largest absolute Gasteiger partial charge is 0.495 e. The van der Waals surface area contributed by atoms with Gasteiger partial charge in [-0.25, -0.2) is 8.42 Å². The first-order chi connectivity index (χ1) is 13.3. The van der Waals surface area contributed by atoms with Crippen LogP contribution in [0.1, 0.15) is 15.2 Å². The van der Waals surface area contributed by atoms with E-state index in [2.05, 4.69) is 26.0 Å². The van der Waals surface area contributed by atoms with Crippen LogP contribution < -0.4 is 14.8 Å². The second kappa shape index (κ2) is 8.34. The monoisotopic (exact) mass is 480 g/mol. The molecule has 0 fully saturated rings. The van der Waals surface area contributed by atoms with E-state index in [1.165, 1.54) is 36.6 Å². The summed E-state index contributed by atoms with van der Waals surface area (Å²) in [5.74, 6) is 0.0476. The fourth-order valence-electron chi connectivity index (χ4n) is 2.47. The molecule has 1 heterocycles. The maximum Gasteiger partial charge on any atom is 0.266 e. The Morgan fingerprint density at radius 2 is 1.82 bits per heavy atom. The van der Waals surface area contributed by atoms with E-state index >= 15 is 0 Å². The molecule has 0 unspecified atom stereocenters. The molecule has 28 heavy (non-hydrogen) atoms. The summed E-state index contributed by atoms with van der Waals surface area (Å²) in [6, 6.07) is 12.9. The van der Waals surface area contributed by atoms with Gasteiger partial charge in [0.1, 0.15) is 5.75 Å². The highest BCUT2D eigenvalue weighted by Gasteiger charge is 2.19. The number of halogens is 1. The zero-order chi connectivity index (χ0) is 20.3. The Morgan fingerprint density at radius 1 is 1.11 bits per heavy atom. The molecule has 9 heteroatoms. The minimum atomic E-state index is -3.84. The van der Waals surface area contributed by atoms with Gasteiger partial charge in [0.25, 0.3) is 15.9 Å². The Bertz CT molecular complexity index is 1110. The van der Waals surface area contributed by atoms with Crippen LogP contribution in [0.3, 0.4) is 0 Å². The second-order valence-electron chi connectivity index (χ2n) is 5.86. The summed E-state index contributed by atoms with van der Waals surface area (Å²) in [6.45, 7) is 1.84. The lowest BCUT2D eigenvalue weighted by Gasteiger charge is -2.13.